The number of amides is 1. The van der Waals surface area contributed by atoms with Gasteiger partial charge in [-0.3, -0.25) is 4.79 Å². The minimum Gasteiger partial charge on any atom is -0.411 e. The summed E-state index contributed by atoms with van der Waals surface area (Å²) in [5.74, 6) is 0.724. The molecule has 1 atom stereocenters. The van der Waals surface area contributed by atoms with Crippen LogP contribution in [0.1, 0.15) is 10.4 Å². The standard InChI is InChI=1S/C12H14N2O3S/c15-7-12(8-18-6-10(12)14-17)13-11(16)9-4-2-1-3-5-9/h1-5,15,17H,6-8H2,(H,13,16)/b14-10-/t12-/m0/s1. The van der Waals surface area contributed by atoms with Crippen LogP contribution in [0.2, 0.25) is 0 Å². The molecule has 1 saturated heterocycles. The third kappa shape index (κ3) is 2.34. The Morgan fingerprint density at radius 2 is 2.17 bits per heavy atom. The maximum absolute atomic E-state index is 12.1. The van der Waals surface area contributed by atoms with Crippen LogP contribution in [0.15, 0.2) is 35.5 Å². The van der Waals surface area contributed by atoms with Crippen molar-refractivity contribution in [3.8, 4) is 0 Å². The number of hydrogen-bond acceptors (Lipinski definition) is 5. The van der Waals surface area contributed by atoms with Gasteiger partial charge in [0, 0.05) is 17.1 Å². The summed E-state index contributed by atoms with van der Waals surface area (Å²) in [7, 11) is 0. The highest BCUT2D eigenvalue weighted by Crippen LogP contribution is 2.26. The molecule has 1 aliphatic heterocycles. The van der Waals surface area contributed by atoms with Gasteiger partial charge in [-0.1, -0.05) is 23.4 Å². The van der Waals surface area contributed by atoms with Gasteiger partial charge in [-0.15, -0.1) is 0 Å². The Labute approximate surface area is 109 Å². The van der Waals surface area contributed by atoms with Crippen LogP contribution in [0.25, 0.3) is 0 Å². The molecule has 0 unspecified atom stereocenters. The molecule has 0 spiro atoms. The second-order valence-corrected chi connectivity index (χ2v) is 5.09. The zero-order valence-corrected chi connectivity index (χ0v) is 10.5. The van der Waals surface area contributed by atoms with Crippen LogP contribution in [0.3, 0.4) is 0 Å². The van der Waals surface area contributed by atoms with Crippen molar-refractivity contribution in [2.75, 3.05) is 18.1 Å². The van der Waals surface area contributed by atoms with E-state index >= 15 is 0 Å². The van der Waals surface area contributed by atoms with Gasteiger partial charge in [-0.05, 0) is 12.1 Å². The lowest BCUT2D eigenvalue weighted by molar-refractivity contribution is 0.0901. The normalized spacial score (nSPS) is 25.3. The number of rotatable bonds is 3. The number of carbonyl (C=O) groups excluding carboxylic acids is 1. The maximum Gasteiger partial charge on any atom is 0.252 e. The van der Waals surface area contributed by atoms with Crippen LogP contribution in [0, 0.1) is 0 Å². The number of nitrogens with zero attached hydrogens (tertiary/aromatic N) is 1. The SMILES string of the molecule is O=C(N[C@@]1(CO)CSC/C1=N/O)c1ccccc1. The Balaban J connectivity index is 2.19. The molecule has 96 valence electrons. The van der Waals surface area contributed by atoms with Crippen molar-refractivity contribution in [1.29, 1.82) is 0 Å². The minimum absolute atomic E-state index is 0.280. The smallest absolute Gasteiger partial charge is 0.252 e. The lowest BCUT2D eigenvalue weighted by Crippen LogP contribution is -2.57. The lowest BCUT2D eigenvalue weighted by atomic mass is 9.97. The van der Waals surface area contributed by atoms with Crippen molar-refractivity contribution in [2.24, 2.45) is 5.16 Å². The number of nitrogens with one attached hydrogen (secondary N) is 1. The van der Waals surface area contributed by atoms with Gasteiger partial charge in [0.05, 0.1) is 12.3 Å². The van der Waals surface area contributed by atoms with Crippen LogP contribution < -0.4 is 5.32 Å². The molecule has 1 aliphatic rings. The third-order valence-corrected chi connectivity index (χ3v) is 4.09. The summed E-state index contributed by atoms with van der Waals surface area (Å²) in [6, 6.07) is 8.75. The fraction of sp³-hybridized carbons (Fsp3) is 0.333. The monoisotopic (exact) mass is 266 g/mol. The molecule has 5 nitrogen and oxygen atoms in total. The third-order valence-electron chi connectivity index (χ3n) is 2.92. The van der Waals surface area contributed by atoms with E-state index in [0.717, 1.165) is 0 Å². The number of hydrogen-bond donors (Lipinski definition) is 3. The van der Waals surface area contributed by atoms with Gasteiger partial charge in [0.2, 0.25) is 0 Å². The second-order valence-electron chi connectivity index (χ2n) is 4.10. The van der Waals surface area contributed by atoms with Crippen molar-refractivity contribution in [3.63, 3.8) is 0 Å². The second kappa shape index (κ2) is 5.41. The van der Waals surface area contributed by atoms with E-state index in [1.807, 2.05) is 6.07 Å². The zero-order chi connectivity index (χ0) is 13.0. The van der Waals surface area contributed by atoms with Crippen LogP contribution in [-0.4, -0.2) is 45.6 Å². The highest BCUT2D eigenvalue weighted by molar-refractivity contribution is 8.00. The molecule has 1 aromatic carbocycles. The topological polar surface area (TPSA) is 81.9 Å². The Hall–Kier alpha value is -1.53. The molecular formula is C12H14N2O3S. The van der Waals surface area contributed by atoms with E-state index in [1.54, 1.807) is 24.3 Å². The van der Waals surface area contributed by atoms with Gasteiger partial charge in [0.1, 0.15) is 5.54 Å². The summed E-state index contributed by atoms with van der Waals surface area (Å²) in [5, 5.41) is 24.4. The molecule has 1 heterocycles. The van der Waals surface area contributed by atoms with Crippen molar-refractivity contribution < 1.29 is 15.1 Å². The highest BCUT2D eigenvalue weighted by Gasteiger charge is 2.42. The van der Waals surface area contributed by atoms with Crippen LogP contribution in [0.5, 0.6) is 0 Å². The molecule has 18 heavy (non-hydrogen) atoms. The number of aliphatic hydroxyl groups excluding tert-OH is 1. The minimum atomic E-state index is -0.952. The molecule has 0 aromatic heterocycles. The predicted molar refractivity (Wildman–Crippen MR) is 70.3 cm³/mol. The van der Waals surface area contributed by atoms with Crippen LogP contribution in [-0.2, 0) is 0 Å². The van der Waals surface area contributed by atoms with Crippen molar-refractivity contribution in [1.82, 2.24) is 5.32 Å². The van der Waals surface area contributed by atoms with Gasteiger partial charge in [0.15, 0.2) is 0 Å². The molecule has 0 bridgehead atoms. The van der Waals surface area contributed by atoms with E-state index in [9.17, 15) is 9.90 Å². The number of thioether (sulfide) groups is 1. The van der Waals surface area contributed by atoms with E-state index in [4.69, 9.17) is 5.21 Å². The molecule has 0 saturated carbocycles. The molecular weight excluding hydrogens is 252 g/mol. The number of carbonyl (C=O) groups is 1. The van der Waals surface area contributed by atoms with Gasteiger partial charge in [-0.2, -0.15) is 11.8 Å². The molecule has 1 amide bonds. The molecule has 1 aromatic rings. The van der Waals surface area contributed by atoms with E-state index in [1.165, 1.54) is 11.8 Å². The van der Waals surface area contributed by atoms with Crippen molar-refractivity contribution in [3.05, 3.63) is 35.9 Å². The Kier molecular flexibility index (Phi) is 3.88. The molecule has 2 rings (SSSR count). The summed E-state index contributed by atoms with van der Waals surface area (Å²) in [6.07, 6.45) is 0. The average molecular weight is 266 g/mol. The van der Waals surface area contributed by atoms with Crippen molar-refractivity contribution >= 4 is 23.4 Å². The summed E-state index contributed by atoms with van der Waals surface area (Å²) < 4.78 is 0. The Bertz CT molecular complexity index is 464. The number of benzene rings is 1. The summed E-state index contributed by atoms with van der Waals surface area (Å²) in [6.45, 7) is -0.280. The molecule has 3 N–H and O–H groups in total. The van der Waals surface area contributed by atoms with Crippen LogP contribution in [0.4, 0.5) is 0 Å². The van der Waals surface area contributed by atoms with Gasteiger partial charge >= 0.3 is 0 Å². The number of aliphatic hydroxyl groups is 1. The van der Waals surface area contributed by atoms with Crippen LogP contribution >= 0.6 is 11.8 Å². The van der Waals surface area contributed by atoms with E-state index in [-0.39, 0.29) is 12.5 Å². The fourth-order valence-corrected chi connectivity index (χ4v) is 3.14. The molecule has 0 radical (unpaired) electrons. The first-order chi connectivity index (χ1) is 8.72. The highest BCUT2D eigenvalue weighted by atomic mass is 32.2. The number of oxime groups is 1. The maximum atomic E-state index is 12.1. The fourth-order valence-electron chi connectivity index (χ4n) is 1.83. The summed E-state index contributed by atoms with van der Waals surface area (Å²) >= 11 is 1.51. The van der Waals surface area contributed by atoms with E-state index in [2.05, 4.69) is 10.5 Å². The lowest BCUT2D eigenvalue weighted by Gasteiger charge is -2.27. The Morgan fingerprint density at radius 1 is 1.44 bits per heavy atom. The zero-order valence-electron chi connectivity index (χ0n) is 9.67. The Morgan fingerprint density at radius 3 is 2.78 bits per heavy atom. The first kappa shape index (κ1) is 12.9. The van der Waals surface area contributed by atoms with E-state index < -0.39 is 5.54 Å². The first-order valence-corrected chi connectivity index (χ1v) is 6.65. The van der Waals surface area contributed by atoms with Gasteiger partial charge in [-0.25, -0.2) is 0 Å². The van der Waals surface area contributed by atoms with E-state index in [0.29, 0.717) is 22.8 Å². The molecule has 1 fully saturated rings. The van der Waals surface area contributed by atoms with Gasteiger partial charge in [0.25, 0.3) is 5.91 Å². The average Bonchev–Trinajstić information content (AvgIpc) is 2.83. The first-order valence-electron chi connectivity index (χ1n) is 5.49. The summed E-state index contributed by atoms with van der Waals surface area (Å²) in [5.41, 5.74) is -0.0365. The molecule has 6 heteroatoms. The predicted octanol–water partition coefficient (Wildman–Crippen LogP) is 0.724. The quantitative estimate of drug-likeness (QED) is 0.556. The largest absolute Gasteiger partial charge is 0.411 e. The van der Waals surface area contributed by atoms with Crippen molar-refractivity contribution in [2.45, 2.75) is 5.54 Å². The molecule has 0 aliphatic carbocycles. The summed E-state index contributed by atoms with van der Waals surface area (Å²) in [4.78, 5) is 12.1. The van der Waals surface area contributed by atoms with Gasteiger partial charge < -0.3 is 15.6 Å².